The smallest absolute Gasteiger partial charge is 0.209 e. The molecule has 19 heavy (non-hydrogen) atoms. The van der Waals surface area contributed by atoms with E-state index in [-0.39, 0.29) is 11.7 Å². The van der Waals surface area contributed by atoms with E-state index in [0.717, 1.165) is 18.6 Å². The van der Waals surface area contributed by atoms with Crippen molar-refractivity contribution in [1.82, 2.24) is 0 Å². The van der Waals surface area contributed by atoms with Gasteiger partial charge >= 0.3 is 0 Å². The van der Waals surface area contributed by atoms with Gasteiger partial charge in [-0.25, -0.2) is 13.6 Å². The highest BCUT2D eigenvalue weighted by atomic mass is 32.2. The highest BCUT2D eigenvalue weighted by Crippen LogP contribution is 2.14. The van der Waals surface area contributed by atoms with Gasteiger partial charge in [-0.1, -0.05) is 26.0 Å². The Morgan fingerprint density at radius 1 is 1.21 bits per heavy atom. The lowest BCUT2D eigenvalue weighted by Gasteiger charge is -2.12. The highest BCUT2D eigenvalue weighted by molar-refractivity contribution is 7.89. The number of primary sulfonamides is 1. The van der Waals surface area contributed by atoms with Gasteiger partial charge in [-0.05, 0) is 42.9 Å². The summed E-state index contributed by atoms with van der Waals surface area (Å²) in [6.45, 7) is 4.72. The zero-order chi connectivity index (χ0) is 14.3. The van der Waals surface area contributed by atoms with E-state index >= 15 is 0 Å². The molecule has 0 aliphatic carbocycles. The second kappa shape index (κ2) is 7.50. The fourth-order valence-corrected chi connectivity index (χ4v) is 2.44. The molecule has 0 aliphatic rings. The lowest BCUT2D eigenvalue weighted by Crippen LogP contribution is -2.18. The molecule has 0 spiro atoms. The maximum Gasteiger partial charge on any atom is 0.209 e. The van der Waals surface area contributed by atoms with E-state index in [1.807, 2.05) is 19.1 Å². The predicted molar refractivity (Wildman–Crippen MR) is 77.7 cm³/mol. The maximum atomic E-state index is 10.8. The van der Waals surface area contributed by atoms with Crippen LogP contribution in [0.2, 0.25) is 0 Å². The monoisotopic (exact) mass is 285 g/mol. The fourth-order valence-electron chi connectivity index (χ4n) is 1.71. The van der Waals surface area contributed by atoms with Crippen molar-refractivity contribution in [2.45, 2.75) is 33.1 Å². The van der Waals surface area contributed by atoms with Crippen LogP contribution < -0.4 is 9.88 Å². The summed E-state index contributed by atoms with van der Waals surface area (Å²) < 4.78 is 27.3. The van der Waals surface area contributed by atoms with Crippen molar-refractivity contribution >= 4 is 10.0 Å². The molecule has 4 nitrogen and oxygen atoms in total. The van der Waals surface area contributed by atoms with Crippen molar-refractivity contribution in [3.63, 3.8) is 0 Å². The maximum absolute atomic E-state index is 10.8. The van der Waals surface area contributed by atoms with E-state index in [4.69, 9.17) is 9.88 Å². The lowest BCUT2D eigenvalue weighted by molar-refractivity contribution is 0.282. The summed E-state index contributed by atoms with van der Waals surface area (Å²) in [6, 6.07) is 8.04. The van der Waals surface area contributed by atoms with Crippen molar-refractivity contribution in [3.05, 3.63) is 29.8 Å². The Morgan fingerprint density at radius 2 is 1.84 bits per heavy atom. The summed E-state index contributed by atoms with van der Waals surface area (Å²) in [5.41, 5.74) is 1.29. The van der Waals surface area contributed by atoms with Crippen molar-refractivity contribution in [2.24, 2.45) is 11.1 Å². The standard InChI is InChI=1S/C14H23NO3S/c1-3-13-4-6-14(7-5-13)18-10-8-12(2)9-11-19(15,16)17/h4-7,12H,3,8-11H2,1-2H3,(H2,15,16,17). The number of aryl methyl sites for hydroxylation is 1. The minimum atomic E-state index is -3.34. The van der Waals surface area contributed by atoms with Gasteiger partial charge in [0.25, 0.3) is 0 Å². The summed E-state index contributed by atoms with van der Waals surface area (Å²) in [6.07, 6.45) is 2.42. The molecule has 1 aromatic rings. The Hall–Kier alpha value is -1.07. The number of hydrogen-bond acceptors (Lipinski definition) is 3. The molecule has 2 N–H and O–H groups in total. The molecule has 1 aromatic carbocycles. The molecule has 1 atom stereocenters. The van der Waals surface area contributed by atoms with Gasteiger partial charge in [0.1, 0.15) is 5.75 Å². The van der Waals surface area contributed by atoms with Crippen LogP contribution in [0.1, 0.15) is 32.3 Å². The first-order valence-electron chi connectivity index (χ1n) is 6.63. The SMILES string of the molecule is CCc1ccc(OCCC(C)CCS(N)(=O)=O)cc1. The zero-order valence-electron chi connectivity index (χ0n) is 11.6. The number of rotatable bonds is 8. The first-order chi connectivity index (χ1) is 8.90. The number of sulfonamides is 1. The molecule has 0 amide bonds. The van der Waals surface area contributed by atoms with Gasteiger partial charge in [0.05, 0.1) is 12.4 Å². The van der Waals surface area contributed by atoms with E-state index < -0.39 is 10.0 Å². The molecule has 0 aromatic heterocycles. The van der Waals surface area contributed by atoms with E-state index in [1.165, 1.54) is 5.56 Å². The lowest BCUT2D eigenvalue weighted by atomic mass is 10.1. The van der Waals surface area contributed by atoms with Crippen LogP contribution in [0, 0.1) is 5.92 Å². The quantitative estimate of drug-likeness (QED) is 0.797. The van der Waals surface area contributed by atoms with Gasteiger partial charge in [0.15, 0.2) is 0 Å². The summed E-state index contributed by atoms with van der Waals surface area (Å²) in [4.78, 5) is 0. The summed E-state index contributed by atoms with van der Waals surface area (Å²) in [7, 11) is -3.34. The average Bonchev–Trinajstić information content (AvgIpc) is 2.36. The normalized spacial score (nSPS) is 13.2. The van der Waals surface area contributed by atoms with Crippen molar-refractivity contribution < 1.29 is 13.2 Å². The third kappa shape index (κ3) is 7.18. The summed E-state index contributed by atoms with van der Waals surface area (Å²) >= 11 is 0. The topological polar surface area (TPSA) is 69.4 Å². The van der Waals surface area contributed by atoms with E-state index in [0.29, 0.717) is 13.0 Å². The number of hydrogen-bond donors (Lipinski definition) is 1. The molecule has 0 bridgehead atoms. The van der Waals surface area contributed by atoms with Gasteiger partial charge in [-0.3, -0.25) is 0 Å². The van der Waals surface area contributed by atoms with E-state index in [2.05, 4.69) is 19.1 Å². The van der Waals surface area contributed by atoms with E-state index in [9.17, 15) is 8.42 Å². The highest BCUT2D eigenvalue weighted by Gasteiger charge is 2.08. The van der Waals surface area contributed by atoms with Gasteiger partial charge in [-0.15, -0.1) is 0 Å². The molecule has 1 rings (SSSR count). The Morgan fingerprint density at radius 3 is 2.37 bits per heavy atom. The molecule has 5 heteroatoms. The largest absolute Gasteiger partial charge is 0.494 e. The minimum Gasteiger partial charge on any atom is -0.494 e. The molecule has 0 aliphatic heterocycles. The second-order valence-electron chi connectivity index (χ2n) is 4.90. The van der Waals surface area contributed by atoms with E-state index in [1.54, 1.807) is 0 Å². The second-order valence-corrected chi connectivity index (χ2v) is 6.63. The Bertz CT molecular complexity index is 468. The number of benzene rings is 1. The van der Waals surface area contributed by atoms with Crippen LogP contribution in [0.15, 0.2) is 24.3 Å². The first-order valence-corrected chi connectivity index (χ1v) is 8.34. The van der Waals surface area contributed by atoms with Gasteiger partial charge in [0.2, 0.25) is 10.0 Å². The molecular weight excluding hydrogens is 262 g/mol. The van der Waals surface area contributed by atoms with Crippen LogP contribution in [0.3, 0.4) is 0 Å². The Balaban J connectivity index is 2.25. The van der Waals surface area contributed by atoms with Gasteiger partial charge in [0, 0.05) is 0 Å². The molecular formula is C14H23NO3S. The molecule has 0 fully saturated rings. The molecule has 1 unspecified atom stereocenters. The van der Waals surface area contributed by atoms with Crippen LogP contribution in [0.4, 0.5) is 0 Å². The fraction of sp³-hybridized carbons (Fsp3) is 0.571. The first kappa shape index (κ1) is 16.0. The third-order valence-electron chi connectivity index (χ3n) is 3.11. The van der Waals surface area contributed by atoms with Crippen LogP contribution in [0.5, 0.6) is 5.75 Å². The number of ether oxygens (including phenoxy) is 1. The van der Waals surface area contributed by atoms with Crippen molar-refractivity contribution in [1.29, 1.82) is 0 Å². The van der Waals surface area contributed by atoms with Crippen LogP contribution in [-0.4, -0.2) is 20.8 Å². The van der Waals surface area contributed by atoms with Crippen LogP contribution in [0.25, 0.3) is 0 Å². The molecule has 0 radical (unpaired) electrons. The van der Waals surface area contributed by atoms with Gasteiger partial charge in [-0.2, -0.15) is 0 Å². The van der Waals surface area contributed by atoms with Crippen molar-refractivity contribution in [2.75, 3.05) is 12.4 Å². The molecule has 0 saturated heterocycles. The van der Waals surface area contributed by atoms with Crippen molar-refractivity contribution in [3.8, 4) is 5.75 Å². The number of nitrogens with two attached hydrogens (primary N) is 1. The van der Waals surface area contributed by atoms with Crippen LogP contribution in [-0.2, 0) is 16.4 Å². The molecule has 0 heterocycles. The zero-order valence-corrected chi connectivity index (χ0v) is 12.4. The third-order valence-corrected chi connectivity index (χ3v) is 3.91. The minimum absolute atomic E-state index is 0.0410. The molecule has 0 saturated carbocycles. The average molecular weight is 285 g/mol. The van der Waals surface area contributed by atoms with Crippen LogP contribution >= 0.6 is 0 Å². The summed E-state index contributed by atoms with van der Waals surface area (Å²) in [5, 5.41) is 4.97. The van der Waals surface area contributed by atoms with Gasteiger partial charge < -0.3 is 4.74 Å². The predicted octanol–water partition coefficient (Wildman–Crippen LogP) is 2.33. The summed E-state index contributed by atoms with van der Waals surface area (Å²) in [5.74, 6) is 1.18. The Kier molecular flexibility index (Phi) is 6.31. The molecule has 108 valence electrons. The Labute approximate surface area is 116 Å².